The molecule has 0 aliphatic carbocycles. The minimum absolute atomic E-state index is 0.936. The SMILES string of the molecule is CN(N=C(C=CSc1ccccc1)Sc1ccccc1)c1ccccc1. The van der Waals surface area contributed by atoms with Gasteiger partial charge in [-0.3, -0.25) is 5.01 Å². The van der Waals surface area contributed by atoms with Gasteiger partial charge in [-0.2, -0.15) is 5.10 Å². The number of para-hydroxylation sites is 1. The first-order valence-electron chi connectivity index (χ1n) is 8.30. The summed E-state index contributed by atoms with van der Waals surface area (Å²) in [6.45, 7) is 0. The number of thioether (sulfide) groups is 2. The molecule has 0 saturated carbocycles. The van der Waals surface area contributed by atoms with Crippen LogP contribution in [-0.2, 0) is 0 Å². The largest absolute Gasteiger partial charge is 0.268 e. The summed E-state index contributed by atoms with van der Waals surface area (Å²) in [5, 5.41) is 9.71. The zero-order valence-corrected chi connectivity index (χ0v) is 16.2. The van der Waals surface area contributed by atoms with E-state index in [4.69, 9.17) is 5.10 Å². The lowest BCUT2D eigenvalue weighted by Gasteiger charge is -2.14. The van der Waals surface area contributed by atoms with Crippen molar-refractivity contribution >= 4 is 34.3 Å². The fourth-order valence-corrected chi connectivity index (χ4v) is 3.80. The van der Waals surface area contributed by atoms with Gasteiger partial charge in [-0.15, -0.1) is 0 Å². The van der Waals surface area contributed by atoms with Gasteiger partial charge in [0.15, 0.2) is 0 Å². The number of rotatable bonds is 6. The maximum Gasteiger partial charge on any atom is 0.122 e. The average molecular weight is 377 g/mol. The predicted octanol–water partition coefficient (Wildman–Crippen LogP) is 6.53. The summed E-state index contributed by atoms with van der Waals surface area (Å²) in [4.78, 5) is 2.38. The molecule has 0 aliphatic rings. The molecule has 0 N–H and O–H groups in total. The summed E-state index contributed by atoms with van der Waals surface area (Å²) in [5.41, 5.74) is 1.06. The maximum atomic E-state index is 4.79. The third-order valence-corrected chi connectivity index (χ3v) is 5.25. The Kier molecular flexibility index (Phi) is 6.99. The van der Waals surface area contributed by atoms with Gasteiger partial charge in [0.1, 0.15) is 5.04 Å². The number of anilines is 1. The van der Waals surface area contributed by atoms with Gasteiger partial charge in [0.05, 0.1) is 5.69 Å². The predicted molar refractivity (Wildman–Crippen MR) is 116 cm³/mol. The van der Waals surface area contributed by atoms with E-state index in [1.807, 2.05) is 66.7 Å². The van der Waals surface area contributed by atoms with Crippen molar-refractivity contribution in [2.45, 2.75) is 9.79 Å². The Morgan fingerprint density at radius 2 is 1.31 bits per heavy atom. The van der Waals surface area contributed by atoms with Crippen molar-refractivity contribution in [2.24, 2.45) is 5.10 Å². The molecular weight excluding hydrogens is 356 g/mol. The second kappa shape index (κ2) is 9.90. The summed E-state index contributed by atoms with van der Waals surface area (Å²) in [6, 6.07) is 30.8. The Hall–Kier alpha value is -2.43. The van der Waals surface area contributed by atoms with Crippen molar-refractivity contribution in [2.75, 3.05) is 12.1 Å². The van der Waals surface area contributed by atoms with E-state index in [2.05, 4.69) is 47.9 Å². The summed E-state index contributed by atoms with van der Waals surface area (Å²) in [5.74, 6) is 0. The molecule has 0 unspecified atom stereocenters. The molecule has 130 valence electrons. The van der Waals surface area contributed by atoms with E-state index >= 15 is 0 Å². The normalized spacial score (nSPS) is 11.7. The average Bonchev–Trinajstić information content (AvgIpc) is 2.70. The van der Waals surface area contributed by atoms with Crippen molar-refractivity contribution < 1.29 is 0 Å². The third-order valence-electron chi connectivity index (χ3n) is 3.50. The van der Waals surface area contributed by atoms with Gasteiger partial charge in [0, 0.05) is 16.8 Å². The summed E-state index contributed by atoms with van der Waals surface area (Å²) >= 11 is 3.34. The Morgan fingerprint density at radius 3 is 1.92 bits per heavy atom. The van der Waals surface area contributed by atoms with Crippen LogP contribution in [0.25, 0.3) is 0 Å². The molecule has 0 aliphatic heterocycles. The van der Waals surface area contributed by atoms with E-state index in [9.17, 15) is 0 Å². The molecule has 3 rings (SSSR count). The van der Waals surface area contributed by atoms with Crippen LogP contribution in [0.3, 0.4) is 0 Å². The second-order valence-corrected chi connectivity index (χ2v) is 7.52. The molecule has 0 atom stereocenters. The molecule has 0 spiro atoms. The van der Waals surface area contributed by atoms with E-state index < -0.39 is 0 Å². The van der Waals surface area contributed by atoms with E-state index in [1.54, 1.807) is 23.5 Å². The summed E-state index contributed by atoms with van der Waals surface area (Å²) < 4.78 is 0. The van der Waals surface area contributed by atoms with Gasteiger partial charge in [-0.25, -0.2) is 0 Å². The van der Waals surface area contributed by atoms with Gasteiger partial charge in [0.2, 0.25) is 0 Å². The quantitative estimate of drug-likeness (QED) is 0.210. The molecule has 0 heterocycles. The van der Waals surface area contributed by atoms with Crippen molar-refractivity contribution in [3.8, 4) is 0 Å². The first kappa shape index (κ1) is 18.4. The van der Waals surface area contributed by atoms with Gasteiger partial charge in [0.25, 0.3) is 0 Å². The van der Waals surface area contributed by atoms with Crippen LogP contribution in [0, 0.1) is 0 Å². The highest BCUT2D eigenvalue weighted by Gasteiger charge is 2.03. The molecule has 0 bridgehead atoms. The fraction of sp³-hybridized carbons (Fsp3) is 0.0455. The van der Waals surface area contributed by atoms with Crippen molar-refractivity contribution in [1.29, 1.82) is 0 Å². The lowest BCUT2D eigenvalue weighted by molar-refractivity contribution is 1.02. The number of benzene rings is 3. The highest BCUT2D eigenvalue weighted by Crippen LogP contribution is 2.24. The van der Waals surface area contributed by atoms with Crippen molar-refractivity contribution in [3.05, 3.63) is 102 Å². The monoisotopic (exact) mass is 376 g/mol. The lowest BCUT2D eigenvalue weighted by Crippen LogP contribution is -2.10. The molecule has 26 heavy (non-hydrogen) atoms. The molecule has 0 amide bonds. The molecule has 0 aromatic heterocycles. The Bertz CT molecular complexity index is 847. The maximum absolute atomic E-state index is 4.79. The van der Waals surface area contributed by atoms with Crippen LogP contribution in [0.15, 0.2) is 117 Å². The van der Waals surface area contributed by atoms with Crippen LogP contribution in [-0.4, -0.2) is 12.1 Å². The summed E-state index contributed by atoms with van der Waals surface area (Å²) in [6.07, 6.45) is 2.06. The van der Waals surface area contributed by atoms with Crippen molar-refractivity contribution in [1.82, 2.24) is 0 Å². The smallest absolute Gasteiger partial charge is 0.122 e. The first-order valence-corrected chi connectivity index (χ1v) is 9.99. The molecule has 0 saturated heterocycles. The highest BCUT2D eigenvalue weighted by atomic mass is 32.2. The number of hydrogen-bond acceptors (Lipinski definition) is 4. The molecule has 4 heteroatoms. The minimum atomic E-state index is 0.936. The molecule has 3 aromatic rings. The van der Waals surface area contributed by atoms with Crippen LogP contribution in [0.5, 0.6) is 0 Å². The van der Waals surface area contributed by atoms with Gasteiger partial charge in [-0.1, -0.05) is 78.1 Å². The Labute approximate surface area is 163 Å². The van der Waals surface area contributed by atoms with Crippen LogP contribution in [0.2, 0.25) is 0 Å². The molecule has 0 radical (unpaired) electrons. The molecule has 3 aromatic carbocycles. The lowest BCUT2D eigenvalue weighted by atomic mass is 10.3. The van der Waals surface area contributed by atoms with E-state index in [1.165, 1.54) is 9.79 Å². The Morgan fingerprint density at radius 1 is 0.769 bits per heavy atom. The van der Waals surface area contributed by atoms with Crippen LogP contribution < -0.4 is 5.01 Å². The first-order chi connectivity index (χ1) is 12.8. The molecule has 0 fully saturated rings. The molecule has 2 nitrogen and oxygen atoms in total. The van der Waals surface area contributed by atoms with Gasteiger partial charge < -0.3 is 0 Å². The third kappa shape index (κ3) is 5.83. The van der Waals surface area contributed by atoms with Crippen molar-refractivity contribution in [3.63, 3.8) is 0 Å². The van der Waals surface area contributed by atoms with E-state index in [-0.39, 0.29) is 0 Å². The van der Waals surface area contributed by atoms with Crippen LogP contribution in [0.4, 0.5) is 5.69 Å². The van der Waals surface area contributed by atoms with Gasteiger partial charge >= 0.3 is 0 Å². The second-order valence-electron chi connectivity index (χ2n) is 5.45. The fourth-order valence-electron chi connectivity index (χ4n) is 2.22. The number of hydrazone groups is 1. The minimum Gasteiger partial charge on any atom is -0.268 e. The zero-order valence-electron chi connectivity index (χ0n) is 14.5. The standard InChI is InChI=1S/C22H20N2S2/c1-24(19-11-5-2-6-12-19)23-22(26-21-15-9-4-10-16-21)17-18-25-20-13-7-3-8-14-20/h2-18H,1H3. The Balaban J connectivity index is 1.78. The zero-order chi connectivity index (χ0) is 18.0. The molecular formula is C22H20N2S2. The highest BCUT2D eigenvalue weighted by molar-refractivity contribution is 8.14. The van der Waals surface area contributed by atoms with Crippen LogP contribution in [0.1, 0.15) is 0 Å². The van der Waals surface area contributed by atoms with Crippen LogP contribution >= 0.6 is 23.5 Å². The van der Waals surface area contributed by atoms with E-state index in [0.29, 0.717) is 0 Å². The number of nitrogens with zero attached hydrogens (tertiary/aromatic N) is 2. The topological polar surface area (TPSA) is 15.6 Å². The van der Waals surface area contributed by atoms with Gasteiger partial charge in [-0.05, 0) is 47.9 Å². The summed E-state index contributed by atoms with van der Waals surface area (Å²) in [7, 11) is 1.97. The number of hydrogen-bond donors (Lipinski definition) is 0. The van der Waals surface area contributed by atoms with E-state index in [0.717, 1.165) is 10.7 Å².